The second-order valence-electron chi connectivity index (χ2n) is 10.3. The van der Waals surface area contributed by atoms with Crippen molar-refractivity contribution in [1.82, 2.24) is 4.90 Å². The van der Waals surface area contributed by atoms with Gasteiger partial charge in [0, 0.05) is 13.6 Å². The Kier molecular flexibility index (Phi) is 11.6. The Balaban J connectivity index is 1.41. The summed E-state index contributed by atoms with van der Waals surface area (Å²) in [5, 5.41) is 21.9. The molecule has 6 heteroatoms. The van der Waals surface area contributed by atoms with Crippen molar-refractivity contribution in [1.29, 1.82) is 0 Å². The maximum absolute atomic E-state index is 12.9. The molecule has 0 spiro atoms. The average Bonchev–Trinajstić information content (AvgIpc) is 2.93. The summed E-state index contributed by atoms with van der Waals surface area (Å²) < 4.78 is 5.45. The predicted molar refractivity (Wildman–Crippen MR) is 156 cm³/mol. The summed E-state index contributed by atoms with van der Waals surface area (Å²) in [5.74, 6) is -2.03. The van der Waals surface area contributed by atoms with Gasteiger partial charge in [0.05, 0.1) is 6.26 Å². The highest BCUT2D eigenvalue weighted by atomic mass is 16.5. The molecule has 0 bridgehead atoms. The van der Waals surface area contributed by atoms with Crippen LogP contribution in [0.15, 0.2) is 73.0 Å². The van der Waals surface area contributed by atoms with Gasteiger partial charge < -0.3 is 19.8 Å². The molecule has 0 aliphatic rings. The number of aliphatic hydroxyl groups is 1. The maximum Gasteiger partial charge on any atom is 0.337 e. The first-order valence-corrected chi connectivity index (χ1v) is 13.8. The number of allylic oxidation sites excluding steroid dienone is 1. The number of carboxylic acids is 1. The first-order valence-electron chi connectivity index (χ1n) is 13.8. The van der Waals surface area contributed by atoms with E-state index in [-0.39, 0.29) is 0 Å². The van der Waals surface area contributed by atoms with Crippen LogP contribution >= 0.6 is 0 Å². The number of rotatable bonds is 15. The van der Waals surface area contributed by atoms with Crippen molar-refractivity contribution in [2.45, 2.75) is 71.0 Å². The number of carboxylic acid groups (broad SMARTS) is 1. The fraction of sp³-hybridized carbons (Fsp3) is 0.394. The lowest BCUT2D eigenvalue weighted by Gasteiger charge is -2.25. The number of aliphatic carboxylic acids is 1. The summed E-state index contributed by atoms with van der Waals surface area (Å²) in [4.78, 5) is 25.8. The molecule has 1 amide bonds. The van der Waals surface area contributed by atoms with E-state index in [0.29, 0.717) is 13.0 Å². The van der Waals surface area contributed by atoms with Gasteiger partial charge >= 0.3 is 5.97 Å². The van der Waals surface area contributed by atoms with Gasteiger partial charge in [-0.05, 0) is 91.5 Å². The van der Waals surface area contributed by atoms with Gasteiger partial charge in [0.25, 0.3) is 5.91 Å². The Hall–Kier alpha value is -3.64. The molecule has 0 aliphatic heterocycles. The molecular formula is C33H41NO5. The van der Waals surface area contributed by atoms with Gasteiger partial charge in [0.1, 0.15) is 0 Å². The van der Waals surface area contributed by atoms with Crippen molar-refractivity contribution >= 4 is 22.6 Å². The third-order valence-electron chi connectivity index (χ3n) is 7.16. The monoisotopic (exact) mass is 531 g/mol. The number of likely N-dealkylation sites (N-methyl/N-ethyl adjacent to an activating group) is 1. The number of aliphatic hydroxyl groups excluding tert-OH is 1. The Morgan fingerprint density at radius 1 is 0.872 bits per heavy atom. The number of nitrogens with zero attached hydrogens (tertiary/aromatic N) is 1. The number of hydrogen-bond donors (Lipinski definition) is 2. The first kappa shape index (κ1) is 29.9. The molecule has 3 aromatic carbocycles. The van der Waals surface area contributed by atoms with Crippen LogP contribution in [0.1, 0.15) is 54.4 Å². The number of ether oxygens (including phenoxy) is 1. The molecule has 0 radical (unpaired) electrons. The number of carbonyl (C=O) groups is 2. The zero-order valence-corrected chi connectivity index (χ0v) is 23.3. The van der Waals surface area contributed by atoms with Crippen LogP contribution in [0.25, 0.3) is 10.8 Å². The normalized spacial score (nSPS) is 12.9. The van der Waals surface area contributed by atoms with E-state index in [1.807, 2.05) is 12.1 Å². The summed E-state index contributed by atoms with van der Waals surface area (Å²) in [7, 11) is 1.61. The number of unbranched alkanes of at least 4 members (excludes halogenated alkanes) is 3. The van der Waals surface area contributed by atoms with E-state index >= 15 is 0 Å². The molecule has 0 saturated carbocycles. The largest absolute Gasteiger partial charge is 0.485 e. The smallest absolute Gasteiger partial charge is 0.337 e. The zero-order valence-electron chi connectivity index (χ0n) is 23.3. The number of carbonyl (C=O) groups excluding carboxylic acids is 1. The Bertz CT molecular complexity index is 1270. The first-order chi connectivity index (χ1) is 18.8. The summed E-state index contributed by atoms with van der Waals surface area (Å²) in [6.07, 6.45) is 5.85. The van der Waals surface area contributed by atoms with Crippen LogP contribution in [0.2, 0.25) is 0 Å². The molecule has 0 fully saturated rings. The molecule has 208 valence electrons. The topological polar surface area (TPSA) is 87.1 Å². The van der Waals surface area contributed by atoms with Crippen molar-refractivity contribution in [3.63, 3.8) is 0 Å². The van der Waals surface area contributed by atoms with E-state index in [1.165, 1.54) is 44.2 Å². The fourth-order valence-electron chi connectivity index (χ4n) is 4.57. The van der Waals surface area contributed by atoms with Crippen molar-refractivity contribution in [3.05, 3.63) is 95.3 Å². The van der Waals surface area contributed by atoms with E-state index in [0.717, 1.165) is 38.5 Å². The number of amides is 1. The molecule has 0 aliphatic carbocycles. The highest BCUT2D eigenvalue weighted by Crippen LogP contribution is 2.18. The molecule has 6 nitrogen and oxygen atoms in total. The molecular weight excluding hydrogens is 490 g/mol. The third-order valence-corrected chi connectivity index (χ3v) is 7.16. The van der Waals surface area contributed by atoms with Gasteiger partial charge in [-0.3, -0.25) is 4.79 Å². The van der Waals surface area contributed by atoms with Crippen LogP contribution in [0.3, 0.4) is 0 Å². The minimum absolute atomic E-state index is 0.461. The number of aryl methyl sites for hydroxylation is 4. The van der Waals surface area contributed by atoms with Crippen LogP contribution in [-0.4, -0.2) is 52.8 Å². The molecule has 0 aromatic heterocycles. The van der Waals surface area contributed by atoms with E-state index in [1.54, 1.807) is 13.1 Å². The predicted octanol–water partition coefficient (Wildman–Crippen LogP) is 6.00. The minimum Gasteiger partial charge on any atom is -0.485 e. The van der Waals surface area contributed by atoms with Crippen molar-refractivity contribution < 1.29 is 24.5 Å². The molecule has 2 N–H and O–H groups in total. The van der Waals surface area contributed by atoms with E-state index in [4.69, 9.17) is 4.74 Å². The second-order valence-corrected chi connectivity index (χ2v) is 10.3. The summed E-state index contributed by atoms with van der Waals surface area (Å²) >= 11 is 0. The molecule has 2 atom stereocenters. The second kappa shape index (κ2) is 15.1. The fourth-order valence-corrected chi connectivity index (χ4v) is 4.57. The van der Waals surface area contributed by atoms with Crippen molar-refractivity contribution in [2.75, 3.05) is 13.6 Å². The van der Waals surface area contributed by atoms with E-state index in [2.05, 4.69) is 62.4 Å². The lowest BCUT2D eigenvalue weighted by Crippen LogP contribution is -2.47. The van der Waals surface area contributed by atoms with E-state index < -0.39 is 24.1 Å². The highest BCUT2D eigenvalue weighted by molar-refractivity contribution is 5.88. The molecule has 3 aromatic rings. The van der Waals surface area contributed by atoms with Gasteiger partial charge in [-0.25, -0.2) is 4.79 Å². The van der Waals surface area contributed by atoms with Crippen LogP contribution < -0.4 is 0 Å². The molecule has 0 unspecified atom stereocenters. The molecule has 0 heterocycles. The lowest BCUT2D eigenvalue weighted by molar-refractivity contribution is -0.162. The number of benzene rings is 3. The lowest BCUT2D eigenvalue weighted by atomic mass is 10.0. The van der Waals surface area contributed by atoms with Crippen molar-refractivity contribution in [3.8, 4) is 0 Å². The number of fused-ring (bicyclic) bond motifs is 1. The quantitative estimate of drug-likeness (QED) is 0.186. The minimum atomic E-state index is -1.94. The summed E-state index contributed by atoms with van der Waals surface area (Å²) in [6, 6.07) is 21.3. The number of hydrogen-bond acceptors (Lipinski definition) is 4. The Labute approximate surface area is 231 Å². The molecule has 0 saturated heterocycles. The van der Waals surface area contributed by atoms with Gasteiger partial charge in [-0.1, -0.05) is 67.1 Å². The maximum atomic E-state index is 12.9. The summed E-state index contributed by atoms with van der Waals surface area (Å²) in [6.45, 7) is 4.65. The standard InChI is InChI=1S/C33H41NO5/c1-24-16-17-26(22-25(24)2)12-7-5-11-21-39-31(30(35)33(37)38)32(36)34(3)20-10-4-6-13-27-18-19-28-14-8-9-15-29(28)23-27/h8-9,11,14-19,21-23,30-31,35H,4-7,10,12-13,20H2,1-3H3,(H,37,38)/t30-,31-/m1/s1. The van der Waals surface area contributed by atoms with Crippen LogP contribution in [0.5, 0.6) is 0 Å². The Morgan fingerprint density at radius 3 is 2.31 bits per heavy atom. The average molecular weight is 532 g/mol. The molecule has 3 rings (SSSR count). The third kappa shape index (κ3) is 9.25. The summed E-state index contributed by atoms with van der Waals surface area (Å²) in [5.41, 5.74) is 5.09. The van der Waals surface area contributed by atoms with Gasteiger partial charge in [0.15, 0.2) is 6.10 Å². The van der Waals surface area contributed by atoms with Crippen LogP contribution in [-0.2, 0) is 27.2 Å². The van der Waals surface area contributed by atoms with Crippen molar-refractivity contribution in [2.24, 2.45) is 0 Å². The van der Waals surface area contributed by atoms with Crippen LogP contribution in [0.4, 0.5) is 0 Å². The van der Waals surface area contributed by atoms with Gasteiger partial charge in [0.2, 0.25) is 6.10 Å². The SMILES string of the molecule is Cc1ccc(CCCC=CO[C@@H](C(=O)N(C)CCCCCc2ccc3ccccc3c2)[C@@H](O)C(=O)O)cc1C. The molecule has 39 heavy (non-hydrogen) atoms. The van der Waals surface area contributed by atoms with Gasteiger partial charge in [-0.2, -0.15) is 0 Å². The van der Waals surface area contributed by atoms with Gasteiger partial charge in [-0.15, -0.1) is 0 Å². The van der Waals surface area contributed by atoms with E-state index in [9.17, 15) is 19.8 Å². The highest BCUT2D eigenvalue weighted by Gasteiger charge is 2.35. The van der Waals surface area contributed by atoms with Crippen LogP contribution in [0, 0.1) is 13.8 Å². The zero-order chi connectivity index (χ0) is 28.2. The Morgan fingerprint density at radius 2 is 1.56 bits per heavy atom.